The van der Waals surface area contributed by atoms with E-state index in [9.17, 15) is 19.5 Å². The number of nitrogens with one attached hydrogen (secondary N) is 2. The van der Waals surface area contributed by atoms with Crippen molar-refractivity contribution < 1.29 is 9.90 Å². The SMILES string of the molecule is Cn1c(=O)c2c(nc(NNC(=O)c3ccccc3O)n2CCCc2ccccc2)n(C)c1=O. The Hall–Kier alpha value is -4.34. The lowest BCUT2D eigenvalue weighted by Gasteiger charge is -2.12. The summed E-state index contributed by atoms with van der Waals surface area (Å²) in [6.07, 6.45) is 1.47. The Bertz CT molecular complexity index is 1440. The number of carbonyl (C=O) groups excluding carboxylic acids is 1. The number of rotatable bonds is 7. The van der Waals surface area contributed by atoms with Crippen molar-refractivity contribution in [3.05, 3.63) is 86.6 Å². The van der Waals surface area contributed by atoms with Crippen molar-refractivity contribution in [2.24, 2.45) is 14.1 Å². The molecule has 0 radical (unpaired) electrons. The van der Waals surface area contributed by atoms with E-state index in [1.807, 2.05) is 30.3 Å². The molecule has 170 valence electrons. The number of amides is 1. The third kappa shape index (κ3) is 4.22. The quantitative estimate of drug-likeness (QED) is 0.369. The van der Waals surface area contributed by atoms with Crippen LogP contribution in [0.2, 0.25) is 0 Å². The minimum absolute atomic E-state index is 0.0834. The zero-order valence-electron chi connectivity index (χ0n) is 18.3. The second-order valence-corrected chi connectivity index (χ2v) is 7.65. The van der Waals surface area contributed by atoms with Crippen molar-refractivity contribution in [3.63, 3.8) is 0 Å². The van der Waals surface area contributed by atoms with Crippen LogP contribution in [-0.2, 0) is 27.1 Å². The second-order valence-electron chi connectivity index (χ2n) is 7.65. The number of para-hydroxylation sites is 1. The average molecular weight is 448 g/mol. The summed E-state index contributed by atoms with van der Waals surface area (Å²) in [6, 6.07) is 16.1. The van der Waals surface area contributed by atoms with E-state index < -0.39 is 17.2 Å². The number of anilines is 1. The summed E-state index contributed by atoms with van der Waals surface area (Å²) in [7, 11) is 2.95. The monoisotopic (exact) mass is 448 g/mol. The van der Waals surface area contributed by atoms with Gasteiger partial charge in [-0.2, -0.15) is 4.98 Å². The maximum absolute atomic E-state index is 12.9. The first kappa shape index (κ1) is 21.9. The van der Waals surface area contributed by atoms with Crippen molar-refractivity contribution >= 4 is 23.0 Å². The lowest BCUT2D eigenvalue weighted by Crippen LogP contribution is -2.37. The lowest BCUT2D eigenvalue weighted by atomic mass is 10.1. The molecule has 1 amide bonds. The molecule has 0 aliphatic carbocycles. The first-order valence-corrected chi connectivity index (χ1v) is 10.4. The molecule has 10 nitrogen and oxygen atoms in total. The summed E-state index contributed by atoms with van der Waals surface area (Å²) in [5, 5.41) is 9.91. The summed E-state index contributed by atoms with van der Waals surface area (Å²) in [5.74, 6) is -0.526. The van der Waals surface area contributed by atoms with Crippen molar-refractivity contribution in [2.45, 2.75) is 19.4 Å². The van der Waals surface area contributed by atoms with E-state index in [4.69, 9.17) is 0 Å². The molecule has 10 heteroatoms. The number of aromatic hydroxyl groups is 1. The highest BCUT2D eigenvalue weighted by molar-refractivity contribution is 5.97. The third-order valence-corrected chi connectivity index (χ3v) is 5.47. The fourth-order valence-corrected chi connectivity index (χ4v) is 3.69. The standard InChI is InChI=1S/C23H24N6O4/c1-27-19-18(21(32)28(2)23(27)33)29(14-8-11-15-9-4-3-5-10-15)22(24-19)26-25-20(31)16-12-6-7-13-17(16)30/h3-7,9-10,12-13,30H,8,11,14H2,1-2H3,(H,24,26)(H,25,31). The molecular formula is C23H24N6O4. The summed E-state index contributed by atoms with van der Waals surface area (Å²) < 4.78 is 3.98. The average Bonchev–Trinajstić information content (AvgIpc) is 3.19. The van der Waals surface area contributed by atoms with Gasteiger partial charge in [-0.25, -0.2) is 4.79 Å². The molecule has 0 aliphatic rings. The first-order valence-electron chi connectivity index (χ1n) is 10.4. The molecule has 0 unspecified atom stereocenters. The molecule has 33 heavy (non-hydrogen) atoms. The Balaban J connectivity index is 1.67. The number of phenolic OH excluding ortho intramolecular Hbond substituents is 1. The minimum Gasteiger partial charge on any atom is -0.507 e. The van der Waals surface area contributed by atoms with Crippen LogP contribution in [0.5, 0.6) is 5.75 Å². The molecule has 4 aromatic rings. The number of aromatic nitrogens is 4. The molecule has 2 heterocycles. The summed E-state index contributed by atoms with van der Waals surface area (Å²) in [4.78, 5) is 42.2. The highest BCUT2D eigenvalue weighted by Gasteiger charge is 2.20. The van der Waals surface area contributed by atoms with E-state index in [2.05, 4.69) is 15.8 Å². The van der Waals surface area contributed by atoms with Crippen LogP contribution in [0.1, 0.15) is 22.3 Å². The Morgan fingerprint density at radius 3 is 2.42 bits per heavy atom. The zero-order valence-corrected chi connectivity index (χ0v) is 18.3. The Morgan fingerprint density at radius 2 is 1.70 bits per heavy atom. The molecule has 2 aromatic heterocycles. The van der Waals surface area contributed by atoms with Gasteiger partial charge in [-0.1, -0.05) is 42.5 Å². The summed E-state index contributed by atoms with van der Waals surface area (Å²) in [5.41, 5.74) is 5.99. The normalized spacial score (nSPS) is 11.0. The highest BCUT2D eigenvalue weighted by atomic mass is 16.3. The Kier molecular flexibility index (Phi) is 5.99. The number of hydrogen-bond acceptors (Lipinski definition) is 6. The summed E-state index contributed by atoms with van der Waals surface area (Å²) in [6.45, 7) is 0.424. The van der Waals surface area contributed by atoms with Gasteiger partial charge in [-0.05, 0) is 30.5 Å². The van der Waals surface area contributed by atoms with Crippen LogP contribution in [0.4, 0.5) is 5.95 Å². The van der Waals surface area contributed by atoms with Gasteiger partial charge in [-0.15, -0.1) is 0 Å². The van der Waals surface area contributed by atoms with Crippen molar-refractivity contribution in [3.8, 4) is 5.75 Å². The van der Waals surface area contributed by atoms with E-state index in [1.165, 1.54) is 30.8 Å². The molecular weight excluding hydrogens is 424 g/mol. The number of fused-ring (bicyclic) bond motifs is 1. The van der Waals surface area contributed by atoms with Gasteiger partial charge in [-0.3, -0.25) is 29.6 Å². The number of nitrogens with zero attached hydrogens (tertiary/aromatic N) is 4. The molecule has 0 fully saturated rings. The maximum atomic E-state index is 12.9. The zero-order chi connectivity index (χ0) is 23.5. The van der Waals surface area contributed by atoms with Gasteiger partial charge < -0.3 is 9.67 Å². The largest absolute Gasteiger partial charge is 0.507 e. The van der Waals surface area contributed by atoms with E-state index >= 15 is 0 Å². The molecule has 0 aliphatic heterocycles. The Labute approximate surface area is 188 Å². The van der Waals surface area contributed by atoms with Crippen LogP contribution in [0.15, 0.2) is 64.2 Å². The van der Waals surface area contributed by atoms with Crippen molar-refractivity contribution in [1.82, 2.24) is 24.1 Å². The van der Waals surface area contributed by atoms with Gasteiger partial charge in [0, 0.05) is 20.6 Å². The highest BCUT2D eigenvalue weighted by Crippen LogP contribution is 2.18. The molecule has 3 N–H and O–H groups in total. The summed E-state index contributed by atoms with van der Waals surface area (Å²) >= 11 is 0. The number of hydrogen-bond donors (Lipinski definition) is 3. The van der Waals surface area contributed by atoms with Crippen LogP contribution in [-0.4, -0.2) is 29.7 Å². The van der Waals surface area contributed by atoms with Gasteiger partial charge in [0.05, 0.1) is 5.56 Å². The van der Waals surface area contributed by atoms with Gasteiger partial charge in [0.25, 0.3) is 11.5 Å². The minimum atomic E-state index is -0.571. The molecule has 0 saturated carbocycles. The van der Waals surface area contributed by atoms with Crippen molar-refractivity contribution in [2.75, 3.05) is 5.43 Å². The molecule has 2 aromatic carbocycles. The smallest absolute Gasteiger partial charge is 0.332 e. The Morgan fingerprint density at radius 1 is 1.00 bits per heavy atom. The van der Waals surface area contributed by atoms with E-state index in [1.54, 1.807) is 16.7 Å². The predicted octanol–water partition coefficient (Wildman–Crippen LogP) is 1.53. The van der Waals surface area contributed by atoms with Crippen LogP contribution < -0.4 is 22.1 Å². The van der Waals surface area contributed by atoms with E-state index in [-0.39, 0.29) is 28.4 Å². The van der Waals surface area contributed by atoms with Gasteiger partial charge >= 0.3 is 5.69 Å². The molecule has 0 saturated heterocycles. The van der Waals surface area contributed by atoms with Gasteiger partial charge in [0.1, 0.15) is 5.75 Å². The number of hydrazine groups is 1. The number of imidazole rings is 1. The predicted molar refractivity (Wildman–Crippen MR) is 124 cm³/mol. The number of benzene rings is 2. The number of aryl methyl sites for hydroxylation is 3. The molecule has 0 atom stereocenters. The topological polar surface area (TPSA) is 123 Å². The molecule has 4 rings (SSSR count). The van der Waals surface area contributed by atoms with E-state index in [0.717, 1.165) is 16.6 Å². The second kappa shape index (κ2) is 9.03. The van der Waals surface area contributed by atoms with E-state index in [0.29, 0.717) is 13.0 Å². The third-order valence-electron chi connectivity index (χ3n) is 5.47. The lowest BCUT2D eigenvalue weighted by molar-refractivity contribution is 0.0959. The fourth-order valence-electron chi connectivity index (χ4n) is 3.69. The van der Waals surface area contributed by atoms with Crippen LogP contribution in [0, 0.1) is 0 Å². The molecule has 0 spiro atoms. The maximum Gasteiger partial charge on any atom is 0.332 e. The first-order chi connectivity index (χ1) is 15.9. The fraction of sp³-hybridized carbons (Fsp3) is 0.217. The van der Waals surface area contributed by atoms with Crippen molar-refractivity contribution in [1.29, 1.82) is 0 Å². The van der Waals surface area contributed by atoms with Crippen LogP contribution in [0.25, 0.3) is 11.2 Å². The van der Waals surface area contributed by atoms with Gasteiger partial charge in [0.15, 0.2) is 11.2 Å². The molecule has 0 bridgehead atoms. The van der Waals surface area contributed by atoms with Crippen LogP contribution >= 0.6 is 0 Å². The number of carbonyl (C=O) groups is 1. The van der Waals surface area contributed by atoms with Crippen LogP contribution in [0.3, 0.4) is 0 Å². The number of phenols is 1. The van der Waals surface area contributed by atoms with Gasteiger partial charge in [0.2, 0.25) is 5.95 Å².